The molecule has 0 spiro atoms. The zero-order valence-corrected chi connectivity index (χ0v) is 15.6. The number of amides is 1. The predicted molar refractivity (Wildman–Crippen MR) is 105 cm³/mol. The summed E-state index contributed by atoms with van der Waals surface area (Å²) in [6.07, 6.45) is 1.70. The third-order valence-electron chi connectivity index (χ3n) is 3.39. The molecular weight excluding hydrogens is 385 g/mol. The Morgan fingerprint density at radius 3 is 2.67 bits per heavy atom. The molecule has 0 atom stereocenters. The Morgan fingerprint density at radius 2 is 1.92 bits per heavy atom. The van der Waals surface area contributed by atoms with E-state index in [2.05, 4.69) is 0 Å². The van der Waals surface area contributed by atoms with Crippen LogP contribution in [0.3, 0.4) is 0 Å². The smallest absolute Gasteiger partial charge is 0.270 e. The number of ether oxygens (including phenoxy) is 1. The van der Waals surface area contributed by atoms with Gasteiger partial charge in [0.1, 0.15) is 5.75 Å². The van der Waals surface area contributed by atoms with Crippen molar-refractivity contribution in [2.45, 2.75) is 0 Å². The number of anilines is 1. The van der Waals surface area contributed by atoms with Crippen molar-refractivity contribution in [3.63, 3.8) is 0 Å². The Bertz CT molecular complexity index is 867. The normalized spacial score (nSPS) is 16.1. The zero-order chi connectivity index (χ0) is 17.3. The van der Waals surface area contributed by atoms with Crippen LogP contribution in [0.4, 0.5) is 5.69 Å². The SMILES string of the molecule is COc1ccccc1N1C(=O)/C(=C\c2cccc(Cl)c2Cl)SC1=S. The number of carbonyl (C=O) groups excluding carboxylic acids is 1. The molecule has 3 rings (SSSR count). The van der Waals surface area contributed by atoms with Gasteiger partial charge in [-0.15, -0.1) is 0 Å². The Balaban J connectivity index is 2.00. The summed E-state index contributed by atoms with van der Waals surface area (Å²) in [7, 11) is 1.55. The maximum Gasteiger partial charge on any atom is 0.270 e. The van der Waals surface area contributed by atoms with Gasteiger partial charge < -0.3 is 4.74 Å². The topological polar surface area (TPSA) is 29.5 Å². The molecule has 2 aromatic carbocycles. The van der Waals surface area contributed by atoms with Crippen molar-refractivity contribution >= 4 is 69.2 Å². The van der Waals surface area contributed by atoms with Gasteiger partial charge in [0.25, 0.3) is 5.91 Å². The lowest BCUT2D eigenvalue weighted by atomic mass is 10.2. The highest BCUT2D eigenvalue weighted by molar-refractivity contribution is 8.27. The average molecular weight is 396 g/mol. The fourth-order valence-corrected chi connectivity index (χ4v) is 3.90. The number of carbonyl (C=O) groups is 1. The van der Waals surface area contributed by atoms with E-state index in [0.717, 1.165) is 0 Å². The van der Waals surface area contributed by atoms with E-state index < -0.39 is 0 Å². The van der Waals surface area contributed by atoms with Crippen molar-refractivity contribution in [1.82, 2.24) is 0 Å². The lowest BCUT2D eigenvalue weighted by Crippen LogP contribution is -2.27. The number of para-hydroxylation sites is 2. The standard InChI is InChI=1S/C17H11Cl2NO2S2/c1-22-13-8-3-2-7-12(13)20-16(21)14(24-17(20)23)9-10-5-4-6-11(18)15(10)19/h2-9H,1H3/b14-9+. The highest BCUT2D eigenvalue weighted by Crippen LogP contribution is 2.40. The van der Waals surface area contributed by atoms with Crippen LogP contribution in [0, 0.1) is 0 Å². The van der Waals surface area contributed by atoms with Gasteiger partial charge >= 0.3 is 0 Å². The maximum atomic E-state index is 12.8. The summed E-state index contributed by atoms with van der Waals surface area (Å²) in [6, 6.07) is 12.5. The van der Waals surface area contributed by atoms with Gasteiger partial charge in [-0.3, -0.25) is 9.69 Å². The molecule has 0 radical (unpaired) electrons. The fourth-order valence-electron chi connectivity index (χ4n) is 2.26. The number of rotatable bonds is 3. The van der Waals surface area contributed by atoms with Gasteiger partial charge in [-0.1, -0.05) is 71.4 Å². The number of hydrogen-bond acceptors (Lipinski definition) is 4. The molecule has 1 heterocycles. The molecule has 0 aliphatic carbocycles. The molecule has 3 nitrogen and oxygen atoms in total. The van der Waals surface area contributed by atoms with Crippen LogP contribution in [0.1, 0.15) is 5.56 Å². The summed E-state index contributed by atoms with van der Waals surface area (Å²) in [5.74, 6) is 0.362. The Labute approximate surface area is 159 Å². The van der Waals surface area contributed by atoms with Crippen molar-refractivity contribution in [2.24, 2.45) is 0 Å². The van der Waals surface area contributed by atoms with Gasteiger partial charge in [0.2, 0.25) is 0 Å². The largest absolute Gasteiger partial charge is 0.495 e. The van der Waals surface area contributed by atoms with E-state index in [-0.39, 0.29) is 5.91 Å². The van der Waals surface area contributed by atoms with E-state index >= 15 is 0 Å². The molecular formula is C17H11Cl2NO2S2. The highest BCUT2D eigenvalue weighted by atomic mass is 35.5. The molecule has 122 valence electrons. The quantitative estimate of drug-likeness (QED) is 0.513. The van der Waals surface area contributed by atoms with Crippen LogP contribution in [-0.4, -0.2) is 17.3 Å². The van der Waals surface area contributed by atoms with E-state index in [9.17, 15) is 4.79 Å². The number of thiocarbonyl (C=S) groups is 1. The van der Waals surface area contributed by atoms with Crippen LogP contribution in [0.5, 0.6) is 5.75 Å². The number of benzene rings is 2. The second-order valence-electron chi connectivity index (χ2n) is 4.83. The van der Waals surface area contributed by atoms with Crippen LogP contribution in [0.25, 0.3) is 6.08 Å². The molecule has 24 heavy (non-hydrogen) atoms. The minimum absolute atomic E-state index is 0.217. The van der Waals surface area contributed by atoms with Crippen LogP contribution in [0.2, 0.25) is 10.0 Å². The number of thioether (sulfide) groups is 1. The minimum Gasteiger partial charge on any atom is -0.495 e. The fraction of sp³-hybridized carbons (Fsp3) is 0.0588. The first kappa shape index (κ1) is 17.3. The molecule has 0 unspecified atom stereocenters. The van der Waals surface area contributed by atoms with E-state index in [0.29, 0.717) is 36.3 Å². The number of nitrogens with zero attached hydrogens (tertiary/aromatic N) is 1. The van der Waals surface area contributed by atoms with Crippen molar-refractivity contribution in [3.05, 3.63) is 63.0 Å². The van der Waals surface area contributed by atoms with Crippen molar-refractivity contribution in [2.75, 3.05) is 12.0 Å². The van der Waals surface area contributed by atoms with E-state index in [1.807, 2.05) is 12.1 Å². The van der Waals surface area contributed by atoms with Gasteiger partial charge in [-0.25, -0.2) is 0 Å². The van der Waals surface area contributed by atoms with Crippen LogP contribution >= 0.6 is 47.2 Å². The highest BCUT2D eigenvalue weighted by Gasteiger charge is 2.34. The molecule has 1 aliphatic rings. The number of hydrogen-bond donors (Lipinski definition) is 0. The second-order valence-corrected chi connectivity index (χ2v) is 7.29. The summed E-state index contributed by atoms with van der Waals surface area (Å²) >= 11 is 18.8. The first-order valence-corrected chi connectivity index (χ1v) is 8.86. The van der Waals surface area contributed by atoms with Gasteiger partial charge in [-0.05, 0) is 29.8 Å². The average Bonchev–Trinajstić information content (AvgIpc) is 2.85. The van der Waals surface area contributed by atoms with Crippen molar-refractivity contribution in [1.29, 1.82) is 0 Å². The molecule has 0 N–H and O–H groups in total. The zero-order valence-electron chi connectivity index (χ0n) is 12.5. The molecule has 1 amide bonds. The van der Waals surface area contributed by atoms with Gasteiger partial charge in [-0.2, -0.15) is 0 Å². The van der Waals surface area contributed by atoms with Crippen LogP contribution in [-0.2, 0) is 4.79 Å². The Hall–Kier alpha value is -1.53. The maximum absolute atomic E-state index is 12.8. The van der Waals surface area contributed by atoms with Crippen molar-refractivity contribution in [3.8, 4) is 5.75 Å². The summed E-state index contributed by atoms with van der Waals surface area (Å²) in [6.45, 7) is 0. The second kappa shape index (κ2) is 7.15. The summed E-state index contributed by atoms with van der Waals surface area (Å²) in [5.41, 5.74) is 1.28. The van der Waals surface area contributed by atoms with Gasteiger partial charge in [0.05, 0.1) is 27.7 Å². The number of halogens is 2. The molecule has 0 aromatic heterocycles. The Morgan fingerprint density at radius 1 is 1.17 bits per heavy atom. The molecule has 0 bridgehead atoms. The van der Waals surface area contributed by atoms with Crippen LogP contribution < -0.4 is 9.64 Å². The van der Waals surface area contributed by atoms with E-state index in [4.69, 9.17) is 40.2 Å². The monoisotopic (exact) mass is 395 g/mol. The summed E-state index contributed by atoms with van der Waals surface area (Å²) < 4.78 is 5.76. The molecule has 1 aliphatic heterocycles. The molecule has 1 fully saturated rings. The first-order chi connectivity index (χ1) is 11.5. The number of methoxy groups -OCH3 is 1. The third kappa shape index (κ3) is 3.17. The molecule has 1 saturated heterocycles. The summed E-state index contributed by atoms with van der Waals surface area (Å²) in [4.78, 5) is 14.7. The minimum atomic E-state index is -0.217. The van der Waals surface area contributed by atoms with E-state index in [1.54, 1.807) is 43.5 Å². The first-order valence-electron chi connectivity index (χ1n) is 6.88. The third-order valence-corrected chi connectivity index (χ3v) is 5.52. The van der Waals surface area contributed by atoms with E-state index in [1.165, 1.54) is 16.7 Å². The lowest BCUT2D eigenvalue weighted by Gasteiger charge is -2.17. The molecule has 0 saturated carbocycles. The van der Waals surface area contributed by atoms with Crippen molar-refractivity contribution < 1.29 is 9.53 Å². The Kier molecular flexibility index (Phi) is 5.15. The molecule has 7 heteroatoms. The summed E-state index contributed by atoms with van der Waals surface area (Å²) in [5, 5.41) is 0.840. The van der Waals surface area contributed by atoms with Gasteiger partial charge in [0.15, 0.2) is 4.32 Å². The lowest BCUT2D eigenvalue weighted by molar-refractivity contribution is -0.113. The predicted octanol–water partition coefficient (Wildman–Crippen LogP) is 5.41. The molecule has 2 aromatic rings. The van der Waals surface area contributed by atoms with Gasteiger partial charge in [0, 0.05) is 0 Å². The van der Waals surface area contributed by atoms with Crippen LogP contribution in [0.15, 0.2) is 47.4 Å².